The Morgan fingerprint density at radius 3 is 2.79 bits per heavy atom. The van der Waals surface area contributed by atoms with Crippen LogP contribution in [-0.2, 0) is 4.79 Å². The fourth-order valence-corrected chi connectivity index (χ4v) is 3.43. The summed E-state index contributed by atoms with van der Waals surface area (Å²) in [4.78, 5) is 11.5. The molecular weight excluding hydrogens is 172 g/mol. The van der Waals surface area contributed by atoms with E-state index in [1.54, 1.807) is 0 Å². The lowest BCUT2D eigenvalue weighted by atomic mass is 9.62. The van der Waals surface area contributed by atoms with Gasteiger partial charge >= 0.3 is 0 Å². The molecule has 2 rings (SSSR count). The molecule has 1 heteroatoms. The van der Waals surface area contributed by atoms with Crippen molar-refractivity contribution in [2.24, 2.45) is 11.3 Å². The zero-order chi connectivity index (χ0) is 10.0. The van der Waals surface area contributed by atoms with Crippen LogP contribution in [0.5, 0.6) is 0 Å². The summed E-state index contributed by atoms with van der Waals surface area (Å²) in [5, 5.41) is 0. The Morgan fingerprint density at radius 1 is 1.14 bits per heavy atom. The topological polar surface area (TPSA) is 17.1 Å². The molecule has 1 nitrogen and oxygen atoms in total. The molecule has 2 aliphatic carbocycles. The monoisotopic (exact) mass is 194 g/mol. The number of hydrogen-bond acceptors (Lipinski definition) is 1. The fourth-order valence-electron chi connectivity index (χ4n) is 3.43. The summed E-state index contributed by atoms with van der Waals surface area (Å²) in [6, 6.07) is 0. The van der Waals surface area contributed by atoms with E-state index in [1.807, 2.05) is 0 Å². The molecule has 2 fully saturated rings. The Morgan fingerprint density at radius 2 is 1.93 bits per heavy atom. The van der Waals surface area contributed by atoms with Crippen LogP contribution in [-0.4, -0.2) is 5.78 Å². The van der Waals surface area contributed by atoms with Gasteiger partial charge in [-0.3, -0.25) is 4.79 Å². The Hall–Kier alpha value is -0.330. The summed E-state index contributed by atoms with van der Waals surface area (Å²) < 4.78 is 0. The van der Waals surface area contributed by atoms with Crippen molar-refractivity contribution in [1.29, 1.82) is 0 Å². The third kappa shape index (κ3) is 2.02. The number of carbonyl (C=O) groups is 1. The largest absolute Gasteiger partial charge is 0.300 e. The second-order valence-electron chi connectivity index (χ2n) is 5.56. The molecule has 2 atom stereocenters. The lowest BCUT2D eigenvalue weighted by molar-refractivity contribution is -0.126. The Labute approximate surface area is 87.3 Å². The summed E-state index contributed by atoms with van der Waals surface area (Å²) in [6.07, 6.45) is 11.1. The minimum absolute atomic E-state index is 0.371. The molecule has 0 N–H and O–H groups in total. The highest BCUT2D eigenvalue weighted by Gasteiger charge is 2.39. The van der Waals surface area contributed by atoms with Gasteiger partial charge in [0.15, 0.2) is 0 Å². The van der Waals surface area contributed by atoms with Crippen LogP contribution in [0, 0.1) is 11.3 Å². The van der Waals surface area contributed by atoms with E-state index in [1.165, 1.54) is 44.9 Å². The van der Waals surface area contributed by atoms with Crippen LogP contribution >= 0.6 is 0 Å². The van der Waals surface area contributed by atoms with Gasteiger partial charge in [0.25, 0.3) is 0 Å². The molecular formula is C13H22O. The molecule has 14 heavy (non-hydrogen) atoms. The minimum atomic E-state index is 0.371. The second-order valence-corrected chi connectivity index (χ2v) is 5.56. The van der Waals surface area contributed by atoms with Crippen LogP contribution in [0.4, 0.5) is 0 Å². The SMILES string of the molecule is C[C@@]12CCCCCC[C@H]1CCC(=O)C2. The van der Waals surface area contributed by atoms with Gasteiger partial charge in [-0.25, -0.2) is 0 Å². The van der Waals surface area contributed by atoms with Crippen molar-refractivity contribution in [2.75, 3.05) is 0 Å². The van der Waals surface area contributed by atoms with Gasteiger partial charge in [-0.15, -0.1) is 0 Å². The van der Waals surface area contributed by atoms with Crippen molar-refractivity contribution in [3.05, 3.63) is 0 Å². The van der Waals surface area contributed by atoms with E-state index in [9.17, 15) is 4.79 Å². The third-order valence-electron chi connectivity index (χ3n) is 4.41. The zero-order valence-corrected chi connectivity index (χ0v) is 9.35. The second kappa shape index (κ2) is 4.04. The van der Waals surface area contributed by atoms with Gasteiger partial charge in [0, 0.05) is 12.8 Å². The molecule has 80 valence electrons. The van der Waals surface area contributed by atoms with Crippen molar-refractivity contribution in [2.45, 2.75) is 64.7 Å². The highest BCUT2D eigenvalue weighted by Crippen LogP contribution is 2.46. The van der Waals surface area contributed by atoms with Crippen LogP contribution in [0.25, 0.3) is 0 Å². The molecule has 0 aromatic rings. The van der Waals surface area contributed by atoms with E-state index in [-0.39, 0.29) is 0 Å². The number of rotatable bonds is 0. The van der Waals surface area contributed by atoms with Gasteiger partial charge in [0.1, 0.15) is 5.78 Å². The molecule has 0 amide bonds. The standard InChI is InChI=1S/C13H22O/c1-13-9-5-3-2-4-6-11(13)7-8-12(14)10-13/h11H,2-10H2,1H3/t11-,13-/m0/s1. The van der Waals surface area contributed by atoms with Crippen LogP contribution in [0.3, 0.4) is 0 Å². The first-order valence-corrected chi connectivity index (χ1v) is 6.22. The van der Waals surface area contributed by atoms with Crippen molar-refractivity contribution >= 4 is 5.78 Å². The first kappa shape index (κ1) is 10.2. The highest BCUT2D eigenvalue weighted by molar-refractivity contribution is 5.80. The average Bonchev–Trinajstić information content (AvgIpc) is 2.10. The lowest BCUT2D eigenvalue weighted by Gasteiger charge is -2.42. The quantitative estimate of drug-likeness (QED) is 0.574. The first-order valence-electron chi connectivity index (χ1n) is 6.22. The van der Waals surface area contributed by atoms with Crippen molar-refractivity contribution in [1.82, 2.24) is 0 Å². The van der Waals surface area contributed by atoms with Gasteiger partial charge in [-0.2, -0.15) is 0 Å². The van der Waals surface area contributed by atoms with Gasteiger partial charge in [0.2, 0.25) is 0 Å². The first-order chi connectivity index (χ1) is 6.71. The summed E-state index contributed by atoms with van der Waals surface area (Å²) >= 11 is 0. The van der Waals surface area contributed by atoms with Crippen LogP contribution in [0.1, 0.15) is 64.7 Å². The van der Waals surface area contributed by atoms with Crippen molar-refractivity contribution in [3.8, 4) is 0 Å². The lowest BCUT2D eigenvalue weighted by Crippen LogP contribution is -2.35. The normalized spacial score (nSPS) is 39.8. The molecule has 0 aromatic carbocycles. The molecule has 0 aliphatic heterocycles. The predicted octanol–water partition coefficient (Wildman–Crippen LogP) is 3.72. The maximum atomic E-state index is 11.5. The summed E-state index contributed by atoms with van der Waals surface area (Å²) in [7, 11) is 0. The molecule has 0 radical (unpaired) electrons. The van der Waals surface area contributed by atoms with E-state index in [0.29, 0.717) is 11.2 Å². The number of ketones is 1. The number of hydrogen-bond donors (Lipinski definition) is 0. The van der Waals surface area contributed by atoms with Crippen LogP contribution in [0.15, 0.2) is 0 Å². The number of Topliss-reactive ketones (excluding diaryl/α,β-unsaturated/α-hetero) is 1. The highest BCUT2D eigenvalue weighted by atomic mass is 16.1. The van der Waals surface area contributed by atoms with E-state index in [2.05, 4.69) is 6.92 Å². The van der Waals surface area contributed by atoms with E-state index in [0.717, 1.165) is 18.8 Å². The van der Waals surface area contributed by atoms with Crippen LogP contribution in [0.2, 0.25) is 0 Å². The van der Waals surface area contributed by atoms with Crippen molar-refractivity contribution in [3.63, 3.8) is 0 Å². The maximum absolute atomic E-state index is 11.5. The maximum Gasteiger partial charge on any atom is 0.133 e. The Kier molecular flexibility index (Phi) is 2.94. The van der Waals surface area contributed by atoms with Gasteiger partial charge in [0.05, 0.1) is 0 Å². The van der Waals surface area contributed by atoms with Crippen LogP contribution < -0.4 is 0 Å². The summed E-state index contributed by atoms with van der Waals surface area (Å²) in [5.74, 6) is 1.37. The third-order valence-corrected chi connectivity index (χ3v) is 4.41. The van der Waals surface area contributed by atoms with E-state index >= 15 is 0 Å². The Bertz CT molecular complexity index is 221. The zero-order valence-electron chi connectivity index (χ0n) is 9.35. The molecule has 2 aliphatic rings. The number of fused-ring (bicyclic) bond motifs is 1. The summed E-state index contributed by atoms with van der Waals surface area (Å²) in [6.45, 7) is 2.36. The summed E-state index contributed by atoms with van der Waals surface area (Å²) in [5.41, 5.74) is 0.371. The smallest absolute Gasteiger partial charge is 0.133 e. The fraction of sp³-hybridized carbons (Fsp3) is 0.923. The van der Waals surface area contributed by atoms with Gasteiger partial charge in [-0.1, -0.05) is 32.6 Å². The molecule has 0 heterocycles. The van der Waals surface area contributed by atoms with E-state index in [4.69, 9.17) is 0 Å². The molecule has 0 aromatic heterocycles. The molecule has 0 spiro atoms. The minimum Gasteiger partial charge on any atom is -0.300 e. The molecule has 2 saturated carbocycles. The molecule has 0 unspecified atom stereocenters. The number of carbonyl (C=O) groups excluding carboxylic acids is 1. The molecule has 0 bridgehead atoms. The van der Waals surface area contributed by atoms with E-state index < -0.39 is 0 Å². The Balaban J connectivity index is 2.08. The van der Waals surface area contributed by atoms with Gasteiger partial charge < -0.3 is 0 Å². The van der Waals surface area contributed by atoms with Gasteiger partial charge in [-0.05, 0) is 30.6 Å². The predicted molar refractivity (Wildman–Crippen MR) is 58.2 cm³/mol. The molecule has 0 saturated heterocycles. The van der Waals surface area contributed by atoms with Crippen molar-refractivity contribution < 1.29 is 4.79 Å². The average molecular weight is 194 g/mol.